The Balaban J connectivity index is 0.661. The van der Waals surface area contributed by atoms with E-state index in [2.05, 4.69) is 87.1 Å². The molecule has 8 fully saturated rings. The molecule has 3 unspecified atom stereocenters. The highest BCUT2D eigenvalue weighted by Gasteiger charge is 2.57. The number of carbonyl (C=O) groups excluding carboxylic acids is 5. The third kappa shape index (κ3) is 8.69. The lowest BCUT2D eigenvalue weighted by molar-refractivity contribution is -0.149. The highest BCUT2D eigenvalue weighted by Crippen LogP contribution is 2.53. The van der Waals surface area contributed by atoms with Crippen molar-refractivity contribution in [3.63, 3.8) is 0 Å². The van der Waals surface area contributed by atoms with Gasteiger partial charge in [0.25, 0.3) is 0 Å². The van der Waals surface area contributed by atoms with E-state index in [4.69, 9.17) is 14.7 Å². The summed E-state index contributed by atoms with van der Waals surface area (Å²) >= 11 is 0. The number of aromatic nitrogens is 3. The number of nitrogens with zero attached hydrogens (tertiary/aromatic N) is 8. The largest absolute Gasteiger partial charge is 0.378 e. The van der Waals surface area contributed by atoms with Gasteiger partial charge in [0, 0.05) is 111 Å². The smallest absolute Gasteiger partial charge is 0.238 e. The minimum Gasteiger partial charge on any atom is -0.378 e. The van der Waals surface area contributed by atoms with Gasteiger partial charge in [-0.05, 0) is 139 Å². The van der Waals surface area contributed by atoms with Crippen molar-refractivity contribution in [2.45, 2.75) is 165 Å². The van der Waals surface area contributed by atoms with Gasteiger partial charge in [0.05, 0.1) is 42.1 Å². The molecule has 9 heterocycles. The van der Waals surface area contributed by atoms with Gasteiger partial charge in [0.1, 0.15) is 5.52 Å². The Hall–Kier alpha value is -5.87. The molecule has 13 rings (SSSR count). The van der Waals surface area contributed by atoms with Gasteiger partial charge in [-0.15, -0.1) is 0 Å². The van der Waals surface area contributed by atoms with E-state index < -0.39 is 10.8 Å². The number of morpholine rings is 1. The molecule has 7 aliphatic heterocycles. The molecule has 4 aromatic rings. The van der Waals surface area contributed by atoms with Crippen molar-refractivity contribution in [1.29, 1.82) is 0 Å². The molecule has 75 heavy (non-hydrogen) atoms. The fraction of sp³-hybridized carbons (Fsp3) is 0.610. The van der Waals surface area contributed by atoms with Crippen molar-refractivity contribution in [2.75, 3.05) is 67.6 Å². The maximum absolute atomic E-state index is 15.4. The second-order valence-electron chi connectivity index (χ2n) is 24.5. The van der Waals surface area contributed by atoms with Crippen molar-refractivity contribution >= 4 is 57.8 Å². The minimum absolute atomic E-state index is 0.111. The molecular weight excluding hydrogens is 945 g/mol. The summed E-state index contributed by atoms with van der Waals surface area (Å²) < 4.78 is 8.16. The normalized spacial score (nSPS) is 27.8. The van der Waals surface area contributed by atoms with Crippen molar-refractivity contribution < 1.29 is 28.7 Å². The number of rotatable bonds is 11. The van der Waals surface area contributed by atoms with Crippen LogP contribution < -0.4 is 20.4 Å². The molecule has 2 saturated carbocycles. The number of amides is 5. The van der Waals surface area contributed by atoms with Gasteiger partial charge in [0.2, 0.25) is 29.5 Å². The number of pyridine rings is 1. The lowest BCUT2D eigenvalue weighted by Gasteiger charge is -2.50. The van der Waals surface area contributed by atoms with Gasteiger partial charge in [-0.1, -0.05) is 31.2 Å². The molecule has 1 spiro atoms. The van der Waals surface area contributed by atoms with Crippen LogP contribution in [-0.2, 0) is 34.1 Å². The first-order valence-electron chi connectivity index (χ1n) is 28.6. The number of fused-ring (bicyclic) bond motifs is 5. The summed E-state index contributed by atoms with van der Waals surface area (Å²) in [4.78, 5) is 89.3. The number of hydrogen-bond donors (Lipinski definition) is 2. The predicted molar refractivity (Wildman–Crippen MR) is 286 cm³/mol. The number of benzene rings is 2. The molecule has 9 aliphatic rings. The van der Waals surface area contributed by atoms with Crippen molar-refractivity contribution in [3.05, 3.63) is 66.0 Å². The Morgan fingerprint density at radius 3 is 2.19 bits per heavy atom. The molecule has 2 bridgehead atoms. The van der Waals surface area contributed by atoms with Gasteiger partial charge in [-0.25, -0.2) is 9.97 Å². The molecule has 5 amide bonds. The van der Waals surface area contributed by atoms with Crippen molar-refractivity contribution in [3.8, 4) is 11.3 Å². The first kappa shape index (κ1) is 48.8. The van der Waals surface area contributed by atoms with E-state index in [1.165, 1.54) is 12.8 Å². The van der Waals surface area contributed by atoms with Gasteiger partial charge >= 0.3 is 0 Å². The number of imide groups is 1. The van der Waals surface area contributed by atoms with Crippen molar-refractivity contribution in [2.24, 2.45) is 11.3 Å². The molecular formula is C59H74N10O6. The summed E-state index contributed by atoms with van der Waals surface area (Å²) in [6.07, 6.45) is 14.2. The van der Waals surface area contributed by atoms with Crippen molar-refractivity contribution in [1.82, 2.24) is 34.6 Å². The Kier molecular flexibility index (Phi) is 12.3. The van der Waals surface area contributed by atoms with Crippen LogP contribution in [0.15, 0.2) is 54.9 Å². The fourth-order valence-corrected chi connectivity index (χ4v) is 14.6. The van der Waals surface area contributed by atoms with E-state index in [9.17, 15) is 19.2 Å². The van der Waals surface area contributed by atoms with Crippen LogP contribution in [0.3, 0.4) is 0 Å². The van der Waals surface area contributed by atoms with E-state index in [1.807, 2.05) is 28.3 Å². The Labute approximate surface area is 440 Å². The monoisotopic (exact) mass is 1020 g/mol. The molecule has 2 aromatic heterocycles. The maximum atomic E-state index is 15.4. The second-order valence-corrected chi connectivity index (χ2v) is 24.5. The lowest BCUT2D eigenvalue weighted by atomic mass is 9.72. The molecule has 6 saturated heterocycles. The standard InChI is InChI=1S/C59H74N10O6/c1-36(2)67-35-60-49-32-48(62-54(53(49)67)61-40-7-8-40)39-6-14-47-50(29-39)69(45-30-44(31-45)68-42-11-12-43(68)34-75-33-42)57(74)59(47)20-26-66(27-21-59)56(73)58(3)18-24-65(25-19-58)52(71)28-37-16-22-64(23-17-37)41-9-4-38(5-10-41)46-13-15-51(70)63-55(46)72/h4-6,9-10,14,29,32,35-37,40,42-46H,7-8,11-13,15-28,30-31,33-34H2,1-3H3,(H,61,62)(H,63,70,72)/t42?,43?,44-,45+,46?. The minimum atomic E-state index is -0.699. The van der Waals surface area contributed by atoms with Gasteiger partial charge < -0.3 is 34.2 Å². The van der Waals surface area contributed by atoms with E-state index in [-0.39, 0.29) is 47.5 Å². The zero-order valence-corrected chi connectivity index (χ0v) is 44.1. The third-order valence-electron chi connectivity index (χ3n) is 19.5. The first-order chi connectivity index (χ1) is 36.3. The highest BCUT2D eigenvalue weighted by atomic mass is 16.5. The summed E-state index contributed by atoms with van der Waals surface area (Å²) in [6, 6.07) is 19.0. The fourth-order valence-electron chi connectivity index (χ4n) is 14.6. The van der Waals surface area contributed by atoms with E-state index in [1.54, 1.807) is 0 Å². The summed E-state index contributed by atoms with van der Waals surface area (Å²) in [5, 5.41) is 6.17. The van der Waals surface area contributed by atoms with Crippen LogP contribution in [0.2, 0.25) is 0 Å². The molecule has 0 radical (unpaired) electrons. The molecule has 2 N–H and O–H groups in total. The van der Waals surface area contributed by atoms with Crippen LogP contribution in [0.25, 0.3) is 22.3 Å². The molecule has 3 atom stereocenters. The van der Waals surface area contributed by atoms with Gasteiger partial charge in [-0.2, -0.15) is 0 Å². The topological polar surface area (TPSA) is 166 Å². The van der Waals surface area contributed by atoms with Crippen LogP contribution in [-0.4, -0.2) is 141 Å². The first-order valence-corrected chi connectivity index (χ1v) is 28.6. The zero-order chi connectivity index (χ0) is 51.3. The van der Waals surface area contributed by atoms with Crippen LogP contribution in [0.1, 0.15) is 140 Å². The molecule has 16 heteroatoms. The zero-order valence-electron chi connectivity index (χ0n) is 44.1. The van der Waals surface area contributed by atoms with Crippen LogP contribution >= 0.6 is 0 Å². The third-order valence-corrected chi connectivity index (χ3v) is 19.5. The van der Waals surface area contributed by atoms with E-state index in [0.29, 0.717) is 101 Å². The highest BCUT2D eigenvalue weighted by molar-refractivity contribution is 6.09. The summed E-state index contributed by atoms with van der Waals surface area (Å²) in [5.41, 5.74) is 6.65. The number of carbonyl (C=O) groups is 5. The Morgan fingerprint density at radius 1 is 0.800 bits per heavy atom. The van der Waals surface area contributed by atoms with Crippen LogP contribution in [0.4, 0.5) is 17.2 Å². The number of imidazole rings is 1. The number of hydrogen-bond acceptors (Lipinski definition) is 11. The molecule has 2 aromatic carbocycles. The number of ether oxygens (including phenoxy) is 1. The number of piperidine rings is 4. The van der Waals surface area contributed by atoms with Gasteiger partial charge in [0.15, 0.2) is 5.82 Å². The average molecular weight is 1020 g/mol. The average Bonchev–Trinajstić information content (AvgIpc) is 4.03. The van der Waals surface area contributed by atoms with E-state index in [0.717, 1.165) is 115 Å². The van der Waals surface area contributed by atoms with Crippen LogP contribution in [0, 0.1) is 11.3 Å². The quantitative estimate of drug-likeness (QED) is 0.145. The Morgan fingerprint density at radius 2 is 1.51 bits per heavy atom. The SMILES string of the molecule is CC(C)n1cnc2cc(-c3ccc4c(c3)N([C@H]3C[C@@H](N5C6CCC5COC6)C3)C(=O)C43CCN(C(=O)C4(C)CCN(C(=O)CC5CCN(c6ccc(C7CCC(=O)NC7=O)cc6)CC5)CC4)CC3)nc(NC3CC3)c21. The van der Waals surface area contributed by atoms with Gasteiger partial charge in [-0.3, -0.25) is 34.2 Å². The predicted octanol–water partition coefficient (Wildman–Crippen LogP) is 7.31. The summed E-state index contributed by atoms with van der Waals surface area (Å²) in [5.74, 6) is 0.996. The number of anilines is 3. The maximum Gasteiger partial charge on any atom is 0.238 e. The van der Waals surface area contributed by atoms with Crippen LogP contribution in [0.5, 0.6) is 0 Å². The molecule has 16 nitrogen and oxygen atoms in total. The second kappa shape index (κ2) is 19.0. The van der Waals surface area contributed by atoms with E-state index >= 15 is 4.79 Å². The molecule has 2 aliphatic carbocycles. The number of nitrogens with one attached hydrogen (secondary N) is 2. The Bertz CT molecular complexity index is 2890. The molecule has 396 valence electrons. The lowest BCUT2D eigenvalue weighted by Crippen LogP contribution is -2.62. The number of likely N-dealkylation sites (tertiary alicyclic amines) is 2. The summed E-state index contributed by atoms with van der Waals surface area (Å²) in [7, 11) is 0. The summed E-state index contributed by atoms with van der Waals surface area (Å²) in [6.45, 7) is 12.0.